The van der Waals surface area contributed by atoms with Crippen molar-refractivity contribution < 1.29 is 12.8 Å². The number of hydrogen-bond donors (Lipinski definition) is 1. The molecule has 1 heterocycles. The Hall–Kier alpha value is -0.850. The maximum absolute atomic E-state index is 12.5. The normalized spacial score (nSPS) is 14.3. The van der Waals surface area contributed by atoms with Gasteiger partial charge in [0.25, 0.3) is 10.0 Å². The largest absolute Gasteiger partial charge is 0.447 e. The van der Waals surface area contributed by atoms with Gasteiger partial charge in [0.15, 0.2) is 0 Å². The maximum atomic E-state index is 12.5. The van der Waals surface area contributed by atoms with Gasteiger partial charge < -0.3 is 9.73 Å². The highest BCUT2D eigenvalue weighted by Crippen LogP contribution is 2.22. The zero-order valence-corrected chi connectivity index (χ0v) is 14.7. The van der Waals surface area contributed by atoms with Crippen LogP contribution in [0, 0.1) is 5.92 Å². The zero-order valence-electron chi connectivity index (χ0n) is 13.9. The summed E-state index contributed by atoms with van der Waals surface area (Å²) in [7, 11) is -1.95. The van der Waals surface area contributed by atoms with Crippen LogP contribution in [0.2, 0.25) is 0 Å². The summed E-state index contributed by atoms with van der Waals surface area (Å²) in [6.45, 7) is 10.7. The first-order valence-corrected chi connectivity index (χ1v) is 8.88. The highest BCUT2D eigenvalue weighted by atomic mass is 32.2. The third-order valence-electron chi connectivity index (χ3n) is 3.39. The lowest BCUT2D eigenvalue weighted by atomic mass is 10.1. The van der Waals surface area contributed by atoms with Crippen molar-refractivity contribution in [2.75, 3.05) is 7.05 Å². The van der Waals surface area contributed by atoms with Gasteiger partial charge in [0.1, 0.15) is 5.76 Å². The maximum Gasteiger partial charge on any atom is 0.276 e. The molecule has 0 radical (unpaired) electrons. The fourth-order valence-corrected chi connectivity index (χ4v) is 3.40. The molecule has 6 heteroatoms. The predicted molar refractivity (Wildman–Crippen MR) is 84.5 cm³/mol. The van der Waals surface area contributed by atoms with Crippen molar-refractivity contribution >= 4 is 10.0 Å². The molecule has 0 aliphatic carbocycles. The van der Waals surface area contributed by atoms with Crippen molar-refractivity contribution in [1.29, 1.82) is 0 Å². The zero-order chi connectivity index (χ0) is 16.2. The Morgan fingerprint density at radius 2 is 1.81 bits per heavy atom. The molecule has 1 rings (SSSR count). The molecule has 0 saturated heterocycles. The van der Waals surface area contributed by atoms with Crippen molar-refractivity contribution in [3.8, 4) is 0 Å². The molecular weight excluding hydrogens is 288 g/mol. The lowest BCUT2D eigenvalue weighted by molar-refractivity contribution is 0.320. The highest BCUT2D eigenvalue weighted by molar-refractivity contribution is 7.89. The Labute approximate surface area is 128 Å². The van der Waals surface area contributed by atoms with Crippen LogP contribution in [0.1, 0.15) is 46.8 Å². The molecule has 5 nitrogen and oxygen atoms in total. The summed E-state index contributed by atoms with van der Waals surface area (Å²) in [4.78, 5) is 0. The average Bonchev–Trinajstić information content (AvgIpc) is 2.83. The Kier molecular flexibility index (Phi) is 6.43. The smallest absolute Gasteiger partial charge is 0.276 e. The minimum absolute atomic E-state index is 0.0150. The van der Waals surface area contributed by atoms with E-state index in [0.29, 0.717) is 24.3 Å². The van der Waals surface area contributed by atoms with Crippen molar-refractivity contribution in [1.82, 2.24) is 9.62 Å². The summed E-state index contributed by atoms with van der Waals surface area (Å²) in [6.07, 6.45) is 0.818. The minimum atomic E-state index is -3.56. The Bertz CT molecular complexity index is 535. The van der Waals surface area contributed by atoms with Gasteiger partial charge >= 0.3 is 0 Å². The summed E-state index contributed by atoms with van der Waals surface area (Å²) in [5, 5.41) is 3.22. The van der Waals surface area contributed by atoms with E-state index in [2.05, 4.69) is 19.2 Å². The summed E-state index contributed by atoms with van der Waals surface area (Å²) in [6, 6.07) is 3.51. The lowest BCUT2D eigenvalue weighted by Gasteiger charge is -2.24. The van der Waals surface area contributed by atoms with Crippen molar-refractivity contribution in [2.24, 2.45) is 5.92 Å². The molecule has 1 aromatic rings. The van der Waals surface area contributed by atoms with E-state index >= 15 is 0 Å². The Morgan fingerprint density at radius 3 is 2.33 bits per heavy atom. The molecule has 0 aromatic carbocycles. The second-order valence-electron chi connectivity index (χ2n) is 6.26. The molecule has 0 amide bonds. The fourth-order valence-electron chi connectivity index (χ4n) is 2.11. The second-order valence-corrected chi connectivity index (χ2v) is 8.18. The number of furan rings is 1. The van der Waals surface area contributed by atoms with Crippen LogP contribution < -0.4 is 5.32 Å². The fraction of sp³-hybridized carbons (Fsp3) is 0.733. The summed E-state index contributed by atoms with van der Waals surface area (Å²) >= 11 is 0. The van der Waals surface area contributed by atoms with E-state index in [0.717, 1.165) is 6.42 Å². The minimum Gasteiger partial charge on any atom is -0.447 e. The van der Waals surface area contributed by atoms with Crippen molar-refractivity contribution in [2.45, 2.75) is 64.8 Å². The van der Waals surface area contributed by atoms with E-state index in [9.17, 15) is 8.42 Å². The molecule has 1 aromatic heterocycles. The number of nitrogens with zero attached hydrogens (tertiary/aromatic N) is 1. The van der Waals surface area contributed by atoms with E-state index in [1.165, 1.54) is 10.4 Å². The molecule has 0 fully saturated rings. The average molecular weight is 316 g/mol. The van der Waals surface area contributed by atoms with Crippen LogP contribution in [0.3, 0.4) is 0 Å². The van der Waals surface area contributed by atoms with Gasteiger partial charge in [0.2, 0.25) is 5.09 Å². The SMILES string of the molecule is CC(C)CC(C)N(C)S(=O)(=O)c1ccc(CNC(C)C)o1. The lowest BCUT2D eigenvalue weighted by Crippen LogP contribution is -2.35. The van der Waals surface area contributed by atoms with E-state index < -0.39 is 10.0 Å². The molecule has 0 aliphatic heterocycles. The molecule has 1 unspecified atom stereocenters. The molecular formula is C15H28N2O3S. The predicted octanol–water partition coefficient (Wildman–Crippen LogP) is 2.83. The van der Waals surface area contributed by atoms with Crippen LogP contribution >= 0.6 is 0 Å². The van der Waals surface area contributed by atoms with Crippen LogP contribution in [0.15, 0.2) is 21.6 Å². The van der Waals surface area contributed by atoms with Gasteiger partial charge in [0, 0.05) is 19.1 Å². The molecule has 122 valence electrons. The molecule has 0 aliphatic rings. The van der Waals surface area contributed by atoms with Gasteiger partial charge in [-0.3, -0.25) is 0 Å². The van der Waals surface area contributed by atoms with Gasteiger partial charge in [0.05, 0.1) is 6.54 Å². The quantitative estimate of drug-likeness (QED) is 0.801. The standard InChI is InChI=1S/C15H28N2O3S/c1-11(2)9-13(5)17(6)21(18,19)15-8-7-14(20-15)10-16-12(3)4/h7-8,11-13,16H,9-10H2,1-6H3. The molecule has 1 N–H and O–H groups in total. The topological polar surface area (TPSA) is 62.6 Å². The van der Waals surface area contributed by atoms with Gasteiger partial charge in [-0.1, -0.05) is 27.7 Å². The van der Waals surface area contributed by atoms with E-state index in [4.69, 9.17) is 4.42 Å². The molecule has 0 saturated carbocycles. The first-order chi connectivity index (χ1) is 9.64. The van der Waals surface area contributed by atoms with Gasteiger partial charge in [-0.15, -0.1) is 0 Å². The number of sulfonamides is 1. The van der Waals surface area contributed by atoms with Crippen molar-refractivity contribution in [3.05, 3.63) is 17.9 Å². The van der Waals surface area contributed by atoms with Gasteiger partial charge in [-0.25, -0.2) is 8.42 Å². The molecule has 0 bridgehead atoms. The van der Waals surface area contributed by atoms with E-state index in [-0.39, 0.29) is 11.1 Å². The van der Waals surface area contributed by atoms with E-state index in [1.54, 1.807) is 13.1 Å². The Balaban J connectivity index is 2.82. The van der Waals surface area contributed by atoms with Crippen LogP contribution in [0.25, 0.3) is 0 Å². The first kappa shape index (κ1) is 18.2. The number of nitrogens with one attached hydrogen (secondary N) is 1. The molecule has 21 heavy (non-hydrogen) atoms. The van der Waals surface area contributed by atoms with Gasteiger partial charge in [-0.05, 0) is 31.4 Å². The third-order valence-corrected chi connectivity index (χ3v) is 5.23. The van der Waals surface area contributed by atoms with Crippen LogP contribution in [-0.4, -0.2) is 31.9 Å². The van der Waals surface area contributed by atoms with Gasteiger partial charge in [-0.2, -0.15) is 4.31 Å². The summed E-state index contributed by atoms with van der Waals surface area (Å²) in [5.41, 5.74) is 0. The van der Waals surface area contributed by atoms with Crippen molar-refractivity contribution in [3.63, 3.8) is 0 Å². The summed E-state index contributed by atoms with van der Waals surface area (Å²) < 4.78 is 31.9. The first-order valence-electron chi connectivity index (χ1n) is 7.44. The number of rotatable bonds is 8. The van der Waals surface area contributed by atoms with E-state index in [1.807, 2.05) is 20.8 Å². The molecule has 0 spiro atoms. The van der Waals surface area contributed by atoms with Crippen LogP contribution in [0.5, 0.6) is 0 Å². The highest BCUT2D eigenvalue weighted by Gasteiger charge is 2.28. The molecule has 1 atom stereocenters. The summed E-state index contributed by atoms with van der Waals surface area (Å²) in [5.74, 6) is 1.08. The van der Waals surface area contributed by atoms with Crippen LogP contribution in [0.4, 0.5) is 0 Å². The Morgan fingerprint density at radius 1 is 1.19 bits per heavy atom. The third kappa shape index (κ3) is 5.13. The van der Waals surface area contributed by atoms with Crippen LogP contribution in [-0.2, 0) is 16.6 Å². The second kappa shape index (κ2) is 7.42. The monoisotopic (exact) mass is 316 g/mol. The number of hydrogen-bond acceptors (Lipinski definition) is 4.